The summed E-state index contributed by atoms with van der Waals surface area (Å²) in [6.07, 6.45) is 0. The third-order valence-corrected chi connectivity index (χ3v) is 5.26. The van der Waals surface area contributed by atoms with Gasteiger partial charge in [-0.05, 0) is 52.8 Å². The maximum absolute atomic E-state index is 4.83. The Bertz CT molecular complexity index is 797. The minimum Gasteiger partial charge on any atom is -0.357 e. The van der Waals surface area contributed by atoms with Crippen molar-refractivity contribution in [1.82, 2.24) is 25.3 Å². The standard InChI is InChI=1S/C22H36N6.HI/c1-8-23-22(25-14-21-17(4)26-28(7)18(21)5)24-13-19-11-9-10-12-20(19)15-27(6)16(2)3;/h9-12,16H,8,13-15H2,1-7H3,(H2,23,24,25);1H. The van der Waals surface area contributed by atoms with E-state index in [0.29, 0.717) is 12.6 Å². The first-order chi connectivity index (χ1) is 13.3. The first-order valence-electron chi connectivity index (χ1n) is 10.1. The number of aromatic nitrogens is 2. The summed E-state index contributed by atoms with van der Waals surface area (Å²) in [5, 5.41) is 11.3. The second-order valence-corrected chi connectivity index (χ2v) is 7.60. The van der Waals surface area contributed by atoms with Crippen molar-refractivity contribution in [2.45, 2.75) is 60.3 Å². The lowest BCUT2D eigenvalue weighted by Gasteiger charge is -2.22. The number of rotatable bonds is 8. The molecule has 0 saturated carbocycles. The topological polar surface area (TPSA) is 57.5 Å². The van der Waals surface area contributed by atoms with Crippen LogP contribution >= 0.6 is 24.0 Å². The molecule has 0 bridgehead atoms. The zero-order chi connectivity index (χ0) is 20.7. The Morgan fingerprint density at radius 2 is 1.83 bits per heavy atom. The van der Waals surface area contributed by atoms with E-state index in [-0.39, 0.29) is 24.0 Å². The van der Waals surface area contributed by atoms with Gasteiger partial charge in [-0.25, -0.2) is 4.99 Å². The lowest BCUT2D eigenvalue weighted by molar-refractivity contribution is 0.265. The van der Waals surface area contributed by atoms with Crippen LogP contribution in [0.4, 0.5) is 0 Å². The van der Waals surface area contributed by atoms with Crippen molar-refractivity contribution < 1.29 is 0 Å². The van der Waals surface area contributed by atoms with Gasteiger partial charge in [0.2, 0.25) is 0 Å². The molecule has 0 aliphatic carbocycles. The average molecular weight is 512 g/mol. The zero-order valence-corrected chi connectivity index (χ0v) is 21.2. The van der Waals surface area contributed by atoms with Crippen LogP contribution in [0, 0.1) is 13.8 Å². The highest BCUT2D eigenvalue weighted by molar-refractivity contribution is 14.0. The predicted octanol–water partition coefficient (Wildman–Crippen LogP) is 3.75. The van der Waals surface area contributed by atoms with Gasteiger partial charge in [-0.1, -0.05) is 24.3 Å². The van der Waals surface area contributed by atoms with Gasteiger partial charge in [-0.3, -0.25) is 9.58 Å². The second-order valence-electron chi connectivity index (χ2n) is 7.60. The minimum absolute atomic E-state index is 0. The Hall–Kier alpha value is -1.61. The molecule has 2 rings (SSSR count). The number of benzene rings is 1. The number of aryl methyl sites for hydroxylation is 2. The van der Waals surface area contributed by atoms with E-state index in [1.807, 2.05) is 11.7 Å². The number of hydrogen-bond acceptors (Lipinski definition) is 3. The molecule has 0 aliphatic heterocycles. The monoisotopic (exact) mass is 512 g/mol. The van der Waals surface area contributed by atoms with Gasteiger partial charge in [0.25, 0.3) is 0 Å². The highest BCUT2D eigenvalue weighted by Crippen LogP contribution is 2.14. The molecule has 1 aromatic carbocycles. The summed E-state index contributed by atoms with van der Waals surface area (Å²) >= 11 is 0. The number of nitrogens with one attached hydrogen (secondary N) is 2. The third-order valence-electron chi connectivity index (χ3n) is 5.26. The summed E-state index contributed by atoms with van der Waals surface area (Å²) in [4.78, 5) is 7.17. The van der Waals surface area contributed by atoms with Crippen LogP contribution in [0.15, 0.2) is 29.3 Å². The number of hydrogen-bond donors (Lipinski definition) is 2. The van der Waals surface area contributed by atoms with Crippen LogP contribution in [-0.2, 0) is 26.7 Å². The molecular formula is C22H37IN6. The van der Waals surface area contributed by atoms with Crippen LogP contribution in [0.1, 0.15) is 48.8 Å². The molecule has 0 amide bonds. The molecule has 0 aliphatic rings. The fourth-order valence-electron chi connectivity index (χ4n) is 3.07. The quantitative estimate of drug-likeness (QED) is 0.322. The van der Waals surface area contributed by atoms with Crippen molar-refractivity contribution in [1.29, 1.82) is 0 Å². The Morgan fingerprint density at radius 1 is 1.17 bits per heavy atom. The van der Waals surface area contributed by atoms with Crippen molar-refractivity contribution in [3.8, 4) is 0 Å². The van der Waals surface area contributed by atoms with E-state index < -0.39 is 0 Å². The summed E-state index contributed by atoms with van der Waals surface area (Å²) in [6.45, 7) is 13.8. The van der Waals surface area contributed by atoms with E-state index in [9.17, 15) is 0 Å². The van der Waals surface area contributed by atoms with Gasteiger partial charge in [-0.15, -0.1) is 24.0 Å². The molecule has 0 atom stereocenters. The van der Waals surface area contributed by atoms with E-state index in [0.717, 1.165) is 31.3 Å². The molecule has 0 unspecified atom stereocenters. The lowest BCUT2D eigenvalue weighted by atomic mass is 10.1. The predicted molar refractivity (Wildman–Crippen MR) is 133 cm³/mol. The van der Waals surface area contributed by atoms with E-state index in [1.54, 1.807) is 0 Å². The molecular weight excluding hydrogens is 475 g/mol. The van der Waals surface area contributed by atoms with Gasteiger partial charge in [0.1, 0.15) is 0 Å². The Morgan fingerprint density at radius 3 is 2.38 bits per heavy atom. The average Bonchev–Trinajstić information content (AvgIpc) is 2.90. The normalized spacial score (nSPS) is 11.7. The van der Waals surface area contributed by atoms with Crippen LogP contribution in [0.25, 0.3) is 0 Å². The molecule has 29 heavy (non-hydrogen) atoms. The third kappa shape index (κ3) is 7.29. The van der Waals surface area contributed by atoms with E-state index >= 15 is 0 Å². The van der Waals surface area contributed by atoms with Gasteiger partial charge in [-0.2, -0.15) is 5.10 Å². The molecule has 2 aromatic rings. The van der Waals surface area contributed by atoms with Crippen molar-refractivity contribution in [2.24, 2.45) is 12.0 Å². The SMILES string of the molecule is CCNC(=NCc1ccccc1CN(C)C(C)C)NCc1c(C)nn(C)c1C.I. The molecule has 0 radical (unpaired) electrons. The van der Waals surface area contributed by atoms with Crippen LogP contribution in [-0.4, -0.2) is 40.3 Å². The molecule has 0 saturated heterocycles. The number of aliphatic imine (C=N–C) groups is 1. The molecule has 0 spiro atoms. The summed E-state index contributed by atoms with van der Waals surface area (Å²) < 4.78 is 1.93. The van der Waals surface area contributed by atoms with Gasteiger partial charge in [0, 0.05) is 44.0 Å². The van der Waals surface area contributed by atoms with Crippen molar-refractivity contribution >= 4 is 29.9 Å². The van der Waals surface area contributed by atoms with E-state index in [1.165, 1.54) is 22.4 Å². The molecule has 1 aromatic heterocycles. The van der Waals surface area contributed by atoms with Gasteiger partial charge >= 0.3 is 0 Å². The summed E-state index contributed by atoms with van der Waals surface area (Å²) in [5.74, 6) is 0.831. The fraction of sp³-hybridized carbons (Fsp3) is 0.545. The first-order valence-corrected chi connectivity index (χ1v) is 10.1. The highest BCUT2D eigenvalue weighted by Gasteiger charge is 2.11. The van der Waals surface area contributed by atoms with Crippen LogP contribution in [0.5, 0.6) is 0 Å². The molecule has 0 fully saturated rings. The largest absolute Gasteiger partial charge is 0.357 e. The zero-order valence-electron chi connectivity index (χ0n) is 18.9. The Balaban J connectivity index is 0.00000420. The van der Waals surface area contributed by atoms with Gasteiger partial charge < -0.3 is 10.6 Å². The van der Waals surface area contributed by atoms with Crippen LogP contribution in [0.3, 0.4) is 0 Å². The van der Waals surface area contributed by atoms with Crippen molar-refractivity contribution in [3.05, 3.63) is 52.3 Å². The van der Waals surface area contributed by atoms with Crippen LogP contribution < -0.4 is 10.6 Å². The molecule has 2 N–H and O–H groups in total. The van der Waals surface area contributed by atoms with Crippen molar-refractivity contribution in [2.75, 3.05) is 13.6 Å². The maximum Gasteiger partial charge on any atom is 0.191 e. The lowest BCUT2D eigenvalue weighted by Crippen LogP contribution is -2.37. The van der Waals surface area contributed by atoms with Crippen LogP contribution in [0.2, 0.25) is 0 Å². The molecule has 6 nitrogen and oxygen atoms in total. The van der Waals surface area contributed by atoms with Gasteiger partial charge in [0.05, 0.1) is 12.2 Å². The summed E-state index contributed by atoms with van der Waals surface area (Å²) in [5.41, 5.74) is 6.07. The summed E-state index contributed by atoms with van der Waals surface area (Å²) in [7, 11) is 4.14. The van der Waals surface area contributed by atoms with Crippen molar-refractivity contribution in [3.63, 3.8) is 0 Å². The number of halogens is 1. The maximum atomic E-state index is 4.83. The Kier molecular flexibility index (Phi) is 10.7. The fourth-order valence-corrected chi connectivity index (χ4v) is 3.07. The van der Waals surface area contributed by atoms with E-state index in [2.05, 4.69) is 86.6 Å². The summed E-state index contributed by atoms with van der Waals surface area (Å²) in [6, 6.07) is 9.08. The van der Waals surface area contributed by atoms with Gasteiger partial charge in [0.15, 0.2) is 5.96 Å². The molecule has 7 heteroatoms. The Labute approximate surface area is 193 Å². The highest BCUT2D eigenvalue weighted by atomic mass is 127. The van der Waals surface area contributed by atoms with E-state index in [4.69, 9.17) is 4.99 Å². The first kappa shape index (κ1) is 25.4. The second kappa shape index (κ2) is 12.2. The number of nitrogens with zero attached hydrogens (tertiary/aromatic N) is 4. The smallest absolute Gasteiger partial charge is 0.191 e. The number of guanidine groups is 1. The molecule has 162 valence electrons. The molecule has 1 heterocycles. The minimum atomic E-state index is 0.